The first kappa shape index (κ1) is 17.8. The summed E-state index contributed by atoms with van der Waals surface area (Å²) < 4.78 is 12.5. The number of carbonyl (C=O) groups excluding carboxylic acids is 1. The van der Waals surface area contributed by atoms with Crippen LogP contribution in [0.15, 0.2) is 21.5 Å². The van der Waals surface area contributed by atoms with Gasteiger partial charge in [-0.25, -0.2) is 4.79 Å². The number of ether oxygens (including phenoxy) is 2. The van der Waals surface area contributed by atoms with Crippen LogP contribution in [0.5, 0.6) is 5.75 Å². The average Bonchev–Trinajstić information content (AvgIpc) is 2.34. The lowest BCUT2D eigenvalue weighted by molar-refractivity contribution is -0.159. The monoisotopic (exact) mass is 359 g/mol. The molecule has 1 atom stereocenters. The summed E-state index contributed by atoms with van der Waals surface area (Å²) in [6.07, 6.45) is 2.82. The third-order valence-electron chi connectivity index (χ3n) is 2.79. The highest BCUT2D eigenvalue weighted by molar-refractivity contribution is 9.10. The number of nitrogens with zero attached hydrogens (tertiary/aromatic N) is 1. The predicted molar refractivity (Wildman–Crippen MR) is 84.7 cm³/mol. The summed E-state index contributed by atoms with van der Waals surface area (Å²) in [5.41, 5.74) is -0.862. The van der Waals surface area contributed by atoms with Gasteiger partial charge in [0.15, 0.2) is 0 Å². The molecule has 0 aliphatic rings. The minimum absolute atomic E-state index is 0.271. The standard InChI is InChI=1S/C15H22BrNO4/c1-6-7-11(14(19)21-15(2,3)4)17-9-12(20-5)10(16)8-13(17)18/h8-9,11H,6-7H2,1-5H3. The van der Waals surface area contributed by atoms with Gasteiger partial charge in [0.05, 0.1) is 17.8 Å². The predicted octanol–water partition coefficient (Wildman–Crippen LogP) is 3.30. The van der Waals surface area contributed by atoms with Crippen molar-refractivity contribution in [3.8, 4) is 5.75 Å². The first-order valence-electron chi connectivity index (χ1n) is 6.88. The minimum atomic E-state index is -0.649. The molecule has 1 aromatic rings. The Morgan fingerprint density at radius 2 is 2.05 bits per heavy atom. The zero-order valence-electron chi connectivity index (χ0n) is 13.1. The Morgan fingerprint density at radius 1 is 1.43 bits per heavy atom. The average molecular weight is 360 g/mol. The van der Waals surface area contributed by atoms with Crippen LogP contribution < -0.4 is 10.3 Å². The number of pyridine rings is 1. The van der Waals surface area contributed by atoms with Crippen molar-refractivity contribution in [2.45, 2.75) is 52.2 Å². The molecule has 6 heteroatoms. The highest BCUT2D eigenvalue weighted by Crippen LogP contribution is 2.25. The lowest BCUT2D eigenvalue weighted by Gasteiger charge is -2.25. The molecule has 0 N–H and O–H groups in total. The Labute approximate surface area is 133 Å². The maximum atomic E-state index is 12.4. The van der Waals surface area contributed by atoms with Gasteiger partial charge in [0.1, 0.15) is 17.4 Å². The van der Waals surface area contributed by atoms with Crippen molar-refractivity contribution in [1.82, 2.24) is 4.57 Å². The second-order valence-electron chi connectivity index (χ2n) is 5.77. The van der Waals surface area contributed by atoms with Crippen molar-refractivity contribution < 1.29 is 14.3 Å². The summed E-state index contributed by atoms with van der Waals surface area (Å²) in [6.45, 7) is 7.37. The second-order valence-corrected chi connectivity index (χ2v) is 6.63. The highest BCUT2D eigenvalue weighted by atomic mass is 79.9. The molecular formula is C15H22BrNO4. The van der Waals surface area contributed by atoms with Crippen LogP contribution in [0.1, 0.15) is 46.6 Å². The van der Waals surface area contributed by atoms with E-state index in [1.807, 2.05) is 6.92 Å². The van der Waals surface area contributed by atoms with Gasteiger partial charge in [-0.05, 0) is 43.1 Å². The zero-order valence-corrected chi connectivity index (χ0v) is 14.7. The van der Waals surface area contributed by atoms with E-state index in [1.165, 1.54) is 23.9 Å². The highest BCUT2D eigenvalue weighted by Gasteiger charge is 2.27. The molecular weight excluding hydrogens is 338 g/mol. The van der Waals surface area contributed by atoms with Gasteiger partial charge in [-0.3, -0.25) is 9.36 Å². The van der Waals surface area contributed by atoms with Crippen molar-refractivity contribution in [3.05, 3.63) is 27.1 Å². The Morgan fingerprint density at radius 3 is 2.52 bits per heavy atom. The lowest BCUT2D eigenvalue weighted by Crippen LogP contribution is -2.34. The van der Waals surface area contributed by atoms with Crippen LogP contribution in [0, 0.1) is 0 Å². The molecule has 1 heterocycles. The van der Waals surface area contributed by atoms with E-state index in [2.05, 4.69) is 15.9 Å². The van der Waals surface area contributed by atoms with Crippen LogP contribution >= 0.6 is 15.9 Å². The molecule has 0 aromatic carbocycles. The summed E-state index contributed by atoms with van der Waals surface area (Å²) in [7, 11) is 1.51. The fourth-order valence-corrected chi connectivity index (χ4v) is 2.37. The molecule has 0 saturated heterocycles. The molecule has 0 saturated carbocycles. The molecule has 0 radical (unpaired) electrons. The number of rotatable bonds is 5. The van der Waals surface area contributed by atoms with Crippen LogP contribution in [0.25, 0.3) is 0 Å². The summed E-state index contributed by atoms with van der Waals surface area (Å²) in [6, 6.07) is 0.745. The van der Waals surface area contributed by atoms with Crippen molar-refractivity contribution in [2.75, 3.05) is 7.11 Å². The van der Waals surface area contributed by atoms with Gasteiger partial charge < -0.3 is 9.47 Å². The summed E-state index contributed by atoms with van der Waals surface area (Å²) >= 11 is 3.26. The minimum Gasteiger partial charge on any atom is -0.494 e. The molecule has 0 amide bonds. The van der Waals surface area contributed by atoms with Gasteiger partial charge >= 0.3 is 5.97 Å². The fraction of sp³-hybridized carbons (Fsp3) is 0.600. The van der Waals surface area contributed by atoms with Crippen molar-refractivity contribution in [2.24, 2.45) is 0 Å². The number of esters is 1. The molecule has 0 bridgehead atoms. The smallest absolute Gasteiger partial charge is 0.329 e. The van der Waals surface area contributed by atoms with Crippen molar-refractivity contribution in [3.63, 3.8) is 0 Å². The van der Waals surface area contributed by atoms with Gasteiger partial charge in [-0.15, -0.1) is 0 Å². The van der Waals surface area contributed by atoms with E-state index in [0.717, 1.165) is 6.42 Å². The molecule has 0 aliphatic carbocycles. The van der Waals surface area contributed by atoms with E-state index in [1.54, 1.807) is 20.8 Å². The number of carbonyl (C=O) groups is 1. The summed E-state index contributed by atoms with van der Waals surface area (Å²) in [5, 5.41) is 0. The maximum Gasteiger partial charge on any atom is 0.329 e. The zero-order chi connectivity index (χ0) is 16.2. The Kier molecular flexibility index (Phi) is 6.01. The molecule has 5 nitrogen and oxygen atoms in total. The van der Waals surface area contributed by atoms with E-state index < -0.39 is 17.6 Å². The molecule has 0 aliphatic heterocycles. The fourth-order valence-electron chi connectivity index (χ4n) is 1.91. The molecule has 0 spiro atoms. The van der Waals surface area contributed by atoms with Crippen LogP contribution in [-0.2, 0) is 9.53 Å². The second kappa shape index (κ2) is 7.11. The topological polar surface area (TPSA) is 57.5 Å². The molecule has 1 unspecified atom stereocenters. The number of methoxy groups -OCH3 is 1. The van der Waals surface area contributed by atoms with E-state index in [-0.39, 0.29) is 5.56 Å². The number of halogens is 1. The Bertz CT molecular complexity index is 560. The van der Waals surface area contributed by atoms with Crippen LogP contribution in [0.3, 0.4) is 0 Å². The third-order valence-corrected chi connectivity index (χ3v) is 3.41. The summed E-state index contributed by atoms with van der Waals surface area (Å²) in [5.74, 6) is 0.0927. The normalized spacial score (nSPS) is 12.9. The van der Waals surface area contributed by atoms with Crippen LogP contribution in [-0.4, -0.2) is 23.2 Å². The van der Waals surface area contributed by atoms with Crippen LogP contribution in [0.4, 0.5) is 0 Å². The largest absolute Gasteiger partial charge is 0.494 e. The maximum absolute atomic E-state index is 12.4. The van der Waals surface area contributed by atoms with Crippen molar-refractivity contribution >= 4 is 21.9 Å². The molecule has 118 valence electrons. The van der Waals surface area contributed by atoms with E-state index in [4.69, 9.17) is 9.47 Å². The Hall–Kier alpha value is -1.30. The van der Waals surface area contributed by atoms with Gasteiger partial charge in [-0.1, -0.05) is 13.3 Å². The first-order chi connectivity index (χ1) is 9.69. The number of hydrogen-bond donors (Lipinski definition) is 0. The van der Waals surface area contributed by atoms with Crippen LogP contribution in [0.2, 0.25) is 0 Å². The molecule has 1 rings (SSSR count). The van der Waals surface area contributed by atoms with E-state index in [0.29, 0.717) is 16.6 Å². The molecule has 0 fully saturated rings. The van der Waals surface area contributed by atoms with Gasteiger partial charge in [0, 0.05) is 6.07 Å². The quantitative estimate of drug-likeness (QED) is 0.756. The van der Waals surface area contributed by atoms with E-state index in [9.17, 15) is 9.59 Å². The van der Waals surface area contributed by atoms with Crippen molar-refractivity contribution in [1.29, 1.82) is 0 Å². The van der Waals surface area contributed by atoms with Gasteiger partial charge in [0.2, 0.25) is 0 Å². The SMILES string of the molecule is CCCC(C(=O)OC(C)(C)C)n1cc(OC)c(Br)cc1=O. The van der Waals surface area contributed by atoms with Gasteiger partial charge in [-0.2, -0.15) is 0 Å². The van der Waals surface area contributed by atoms with E-state index >= 15 is 0 Å². The first-order valence-corrected chi connectivity index (χ1v) is 7.67. The summed E-state index contributed by atoms with van der Waals surface area (Å²) in [4.78, 5) is 24.5. The molecule has 1 aromatic heterocycles. The lowest BCUT2D eigenvalue weighted by atomic mass is 10.1. The van der Waals surface area contributed by atoms with Gasteiger partial charge in [0.25, 0.3) is 5.56 Å². The third kappa shape index (κ3) is 4.88. The number of hydrogen-bond acceptors (Lipinski definition) is 4. The molecule has 21 heavy (non-hydrogen) atoms. The Balaban J connectivity index is 3.23. The number of aromatic nitrogens is 1.